The van der Waals surface area contributed by atoms with E-state index >= 15 is 0 Å². The SMILES string of the molecule is COc1c(F)cc(F)cc1C1(C=O)CC1. The van der Waals surface area contributed by atoms with Gasteiger partial charge in [0.25, 0.3) is 0 Å². The van der Waals surface area contributed by atoms with E-state index in [-0.39, 0.29) is 5.75 Å². The van der Waals surface area contributed by atoms with Crippen LogP contribution < -0.4 is 4.74 Å². The first-order valence-electron chi connectivity index (χ1n) is 4.63. The normalized spacial score (nSPS) is 17.3. The van der Waals surface area contributed by atoms with Crippen LogP contribution in [0.3, 0.4) is 0 Å². The molecule has 0 aliphatic heterocycles. The van der Waals surface area contributed by atoms with Gasteiger partial charge in [-0.15, -0.1) is 0 Å². The lowest BCUT2D eigenvalue weighted by Crippen LogP contribution is -2.11. The number of methoxy groups -OCH3 is 1. The van der Waals surface area contributed by atoms with Gasteiger partial charge in [0, 0.05) is 11.6 Å². The first kappa shape index (κ1) is 10.1. The molecule has 1 aliphatic carbocycles. The van der Waals surface area contributed by atoms with Crippen LogP contribution in [0.25, 0.3) is 0 Å². The average Bonchev–Trinajstić information content (AvgIpc) is 2.97. The average molecular weight is 212 g/mol. The van der Waals surface area contributed by atoms with Gasteiger partial charge in [0.05, 0.1) is 12.5 Å². The molecule has 0 N–H and O–H groups in total. The number of hydrogen-bond donors (Lipinski definition) is 0. The molecule has 1 aromatic carbocycles. The molecule has 0 heterocycles. The number of ether oxygens (including phenoxy) is 1. The first-order chi connectivity index (χ1) is 7.13. The lowest BCUT2D eigenvalue weighted by atomic mass is 9.96. The minimum absolute atomic E-state index is 0.0269. The molecule has 2 rings (SSSR count). The van der Waals surface area contributed by atoms with Crippen molar-refractivity contribution in [3.05, 3.63) is 29.3 Å². The topological polar surface area (TPSA) is 26.3 Å². The summed E-state index contributed by atoms with van der Waals surface area (Å²) in [7, 11) is 1.31. The quantitative estimate of drug-likeness (QED) is 0.718. The van der Waals surface area contributed by atoms with Crippen molar-refractivity contribution < 1.29 is 18.3 Å². The second-order valence-electron chi connectivity index (χ2n) is 3.74. The maximum absolute atomic E-state index is 13.3. The minimum atomic E-state index is -0.763. The number of aldehydes is 1. The molecule has 1 aromatic rings. The van der Waals surface area contributed by atoms with Crippen molar-refractivity contribution in [2.45, 2.75) is 18.3 Å². The van der Waals surface area contributed by atoms with Gasteiger partial charge in [-0.05, 0) is 18.9 Å². The van der Waals surface area contributed by atoms with E-state index in [0.29, 0.717) is 18.4 Å². The van der Waals surface area contributed by atoms with Crippen molar-refractivity contribution in [3.63, 3.8) is 0 Å². The Morgan fingerprint density at radius 1 is 1.40 bits per heavy atom. The van der Waals surface area contributed by atoms with Gasteiger partial charge >= 0.3 is 0 Å². The van der Waals surface area contributed by atoms with Gasteiger partial charge in [0.15, 0.2) is 11.6 Å². The molecule has 15 heavy (non-hydrogen) atoms. The highest BCUT2D eigenvalue weighted by Gasteiger charge is 2.47. The standard InChI is InChI=1S/C11H10F2O2/c1-15-10-8(11(6-14)2-3-11)4-7(12)5-9(10)13/h4-6H,2-3H2,1H3. The summed E-state index contributed by atoms with van der Waals surface area (Å²) in [4.78, 5) is 10.9. The summed E-state index contributed by atoms with van der Waals surface area (Å²) in [6, 6.07) is 1.92. The Hall–Kier alpha value is -1.45. The molecule has 0 aromatic heterocycles. The zero-order valence-corrected chi connectivity index (χ0v) is 8.22. The largest absolute Gasteiger partial charge is 0.493 e. The summed E-state index contributed by atoms with van der Waals surface area (Å²) in [5.41, 5.74) is -0.411. The molecule has 4 heteroatoms. The van der Waals surface area contributed by atoms with E-state index in [4.69, 9.17) is 4.74 Å². The molecule has 1 fully saturated rings. The van der Waals surface area contributed by atoms with E-state index < -0.39 is 17.0 Å². The van der Waals surface area contributed by atoms with Gasteiger partial charge < -0.3 is 9.53 Å². The number of halogens is 2. The summed E-state index contributed by atoms with van der Waals surface area (Å²) in [6.45, 7) is 0. The fourth-order valence-corrected chi connectivity index (χ4v) is 1.72. The van der Waals surface area contributed by atoms with E-state index in [0.717, 1.165) is 12.4 Å². The molecule has 2 nitrogen and oxygen atoms in total. The number of carbonyl (C=O) groups excluding carboxylic acids is 1. The van der Waals surface area contributed by atoms with E-state index in [9.17, 15) is 13.6 Å². The molecule has 0 radical (unpaired) electrons. The van der Waals surface area contributed by atoms with Crippen molar-refractivity contribution in [3.8, 4) is 5.75 Å². The second-order valence-corrected chi connectivity index (χ2v) is 3.74. The Morgan fingerprint density at radius 3 is 2.53 bits per heavy atom. The molecule has 0 saturated heterocycles. The molecule has 0 spiro atoms. The third-order valence-corrected chi connectivity index (χ3v) is 2.76. The number of rotatable bonds is 3. The van der Waals surface area contributed by atoms with E-state index in [2.05, 4.69) is 0 Å². The molecule has 1 saturated carbocycles. The van der Waals surface area contributed by atoms with Crippen LogP contribution in [-0.4, -0.2) is 13.4 Å². The molecule has 0 amide bonds. The highest BCUT2D eigenvalue weighted by molar-refractivity contribution is 5.75. The van der Waals surface area contributed by atoms with Gasteiger partial charge in [-0.25, -0.2) is 8.78 Å². The molecule has 80 valence electrons. The molecular weight excluding hydrogens is 202 g/mol. The Morgan fingerprint density at radius 2 is 2.07 bits per heavy atom. The zero-order chi connectivity index (χ0) is 11.1. The fraction of sp³-hybridized carbons (Fsp3) is 0.364. The third-order valence-electron chi connectivity index (χ3n) is 2.76. The summed E-state index contributed by atoms with van der Waals surface area (Å²) < 4.78 is 31.2. The number of hydrogen-bond acceptors (Lipinski definition) is 2. The highest BCUT2D eigenvalue weighted by Crippen LogP contribution is 2.50. The van der Waals surface area contributed by atoms with Gasteiger partial charge in [0.2, 0.25) is 0 Å². The van der Waals surface area contributed by atoms with Gasteiger partial charge in [0.1, 0.15) is 12.1 Å². The van der Waals surface area contributed by atoms with E-state index in [1.807, 2.05) is 0 Å². The van der Waals surface area contributed by atoms with Crippen molar-refractivity contribution in [2.24, 2.45) is 0 Å². The molecule has 0 unspecified atom stereocenters. The zero-order valence-electron chi connectivity index (χ0n) is 8.22. The first-order valence-corrected chi connectivity index (χ1v) is 4.63. The molecule has 1 aliphatic rings. The van der Waals surface area contributed by atoms with Crippen LogP contribution in [0.15, 0.2) is 12.1 Å². The van der Waals surface area contributed by atoms with Crippen LogP contribution in [0.4, 0.5) is 8.78 Å². The highest BCUT2D eigenvalue weighted by atomic mass is 19.1. The Kier molecular flexibility index (Phi) is 2.21. The lowest BCUT2D eigenvalue weighted by molar-refractivity contribution is -0.109. The van der Waals surface area contributed by atoms with E-state index in [1.165, 1.54) is 13.2 Å². The van der Waals surface area contributed by atoms with Gasteiger partial charge in [-0.2, -0.15) is 0 Å². The van der Waals surface area contributed by atoms with Crippen LogP contribution in [0, 0.1) is 11.6 Å². The number of carbonyl (C=O) groups is 1. The van der Waals surface area contributed by atoms with Crippen molar-refractivity contribution in [1.29, 1.82) is 0 Å². The van der Waals surface area contributed by atoms with Crippen LogP contribution in [0.2, 0.25) is 0 Å². The molecule has 0 bridgehead atoms. The monoisotopic (exact) mass is 212 g/mol. The van der Waals surface area contributed by atoms with Gasteiger partial charge in [-0.3, -0.25) is 0 Å². The Labute approximate surface area is 85.9 Å². The molecule has 0 atom stereocenters. The van der Waals surface area contributed by atoms with Crippen LogP contribution in [0.5, 0.6) is 5.75 Å². The summed E-state index contributed by atoms with van der Waals surface area (Å²) >= 11 is 0. The molecular formula is C11H10F2O2. The minimum Gasteiger partial charge on any atom is -0.493 e. The maximum Gasteiger partial charge on any atom is 0.168 e. The number of benzene rings is 1. The summed E-state index contributed by atoms with van der Waals surface area (Å²) in [5, 5.41) is 0. The smallest absolute Gasteiger partial charge is 0.168 e. The van der Waals surface area contributed by atoms with Crippen molar-refractivity contribution in [1.82, 2.24) is 0 Å². The van der Waals surface area contributed by atoms with E-state index in [1.54, 1.807) is 0 Å². The van der Waals surface area contributed by atoms with Crippen molar-refractivity contribution >= 4 is 6.29 Å². The van der Waals surface area contributed by atoms with Gasteiger partial charge in [-0.1, -0.05) is 0 Å². The van der Waals surface area contributed by atoms with Crippen molar-refractivity contribution in [2.75, 3.05) is 7.11 Å². The fourth-order valence-electron chi connectivity index (χ4n) is 1.72. The maximum atomic E-state index is 13.3. The van der Waals surface area contributed by atoms with Crippen LogP contribution in [-0.2, 0) is 10.2 Å². The Balaban J connectivity index is 2.59. The summed E-state index contributed by atoms with van der Waals surface area (Å²) in [6.07, 6.45) is 1.98. The third kappa shape index (κ3) is 1.50. The Bertz CT molecular complexity index is 411. The van der Waals surface area contributed by atoms with Crippen LogP contribution >= 0.6 is 0 Å². The lowest BCUT2D eigenvalue weighted by Gasteiger charge is -2.13. The predicted molar refractivity (Wildman–Crippen MR) is 49.9 cm³/mol. The predicted octanol–water partition coefficient (Wildman–Crippen LogP) is 2.20. The second kappa shape index (κ2) is 3.29. The van der Waals surface area contributed by atoms with Crippen LogP contribution in [0.1, 0.15) is 18.4 Å². The summed E-state index contributed by atoms with van der Waals surface area (Å²) in [5.74, 6) is -1.47.